The van der Waals surface area contributed by atoms with Crippen molar-refractivity contribution < 1.29 is 8.78 Å². The number of benzene rings is 2. The van der Waals surface area contributed by atoms with E-state index in [1.165, 1.54) is 29.8 Å². The average molecular weight is 260 g/mol. The summed E-state index contributed by atoms with van der Waals surface area (Å²) in [7, 11) is 0. The van der Waals surface area contributed by atoms with Crippen molar-refractivity contribution in [1.29, 1.82) is 0 Å². The molecule has 0 spiro atoms. The molecular weight excluding hydrogens is 242 g/mol. The molecule has 0 fully saturated rings. The van der Waals surface area contributed by atoms with Gasteiger partial charge in [0.25, 0.3) is 0 Å². The lowest BCUT2D eigenvalue weighted by molar-refractivity contribution is 0.613. The molecule has 100 valence electrons. The van der Waals surface area contributed by atoms with Gasteiger partial charge in [0, 0.05) is 0 Å². The van der Waals surface area contributed by atoms with Crippen molar-refractivity contribution >= 4 is 0 Å². The van der Waals surface area contributed by atoms with E-state index >= 15 is 0 Å². The third kappa shape index (κ3) is 4.16. The fourth-order valence-electron chi connectivity index (χ4n) is 2.22. The third-order valence-corrected chi connectivity index (χ3v) is 3.45. The summed E-state index contributed by atoms with van der Waals surface area (Å²) in [6.45, 7) is 2.15. The second-order valence-electron chi connectivity index (χ2n) is 4.97. The highest BCUT2D eigenvalue weighted by molar-refractivity contribution is 5.20. The molecule has 19 heavy (non-hydrogen) atoms. The van der Waals surface area contributed by atoms with Gasteiger partial charge in [-0.15, -0.1) is 0 Å². The molecule has 0 aliphatic heterocycles. The van der Waals surface area contributed by atoms with Crippen molar-refractivity contribution in [2.24, 2.45) is 0 Å². The van der Waals surface area contributed by atoms with Crippen LogP contribution in [-0.2, 0) is 6.42 Å². The van der Waals surface area contributed by atoms with Crippen LogP contribution in [0.25, 0.3) is 0 Å². The van der Waals surface area contributed by atoms with Gasteiger partial charge in [-0.1, -0.05) is 31.2 Å². The summed E-state index contributed by atoms with van der Waals surface area (Å²) in [6.07, 6.45) is 3.04. The normalized spacial score (nSPS) is 12.4. The zero-order valence-corrected chi connectivity index (χ0v) is 11.1. The maximum Gasteiger partial charge on any atom is 0.123 e. The van der Waals surface area contributed by atoms with E-state index < -0.39 is 0 Å². The molecule has 0 aliphatic rings. The lowest BCUT2D eigenvalue weighted by Crippen LogP contribution is -1.95. The molecule has 1 atom stereocenters. The molecule has 0 bridgehead atoms. The molecule has 0 nitrogen and oxygen atoms in total. The molecule has 0 saturated carbocycles. The van der Waals surface area contributed by atoms with Crippen LogP contribution in [0.15, 0.2) is 48.5 Å². The predicted octanol–water partition coefficient (Wildman–Crippen LogP) is 5.09. The minimum atomic E-state index is -0.192. The van der Waals surface area contributed by atoms with Crippen molar-refractivity contribution in [3.63, 3.8) is 0 Å². The monoisotopic (exact) mass is 260 g/mol. The van der Waals surface area contributed by atoms with Crippen LogP contribution in [0.2, 0.25) is 0 Å². The van der Waals surface area contributed by atoms with Crippen LogP contribution in [0.1, 0.15) is 36.8 Å². The van der Waals surface area contributed by atoms with Gasteiger partial charge >= 0.3 is 0 Å². The molecule has 0 radical (unpaired) electrons. The van der Waals surface area contributed by atoms with Gasteiger partial charge < -0.3 is 0 Å². The number of rotatable bonds is 5. The molecule has 0 N–H and O–H groups in total. The zero-order chi connectivity index (χ0) is 13.7. The van der Waals surface area contributed by atoms with Crippen LogP contribution in [-0.4, -0.2) is 0 Å². The summed E-state index contributed by atoms with van der Waals surface area (Å²) in [5.74, 6) is 0.0340. The van der Waals surface area contributed by atoms with Crippen molar-refractivity contribution in [2.75, 3.05) is 0 Å². The van der Waals surface area contributed by atoms with E-state index in [-0.39, 0.29) is 11.6 Å². The average Bonchev–Trinajstić information content (AvgIpc) is 2.41. The van der Waals surface area contributed by atoms with E-state index in [2.05, 4.69) is 6.92 Å². The summed E-state index contributed by atoms with van der Waals surface area (Å²) in [6, 6.07) is 13.4. The first kappa shape index (κ1) is 13.7. The van der Waals surface area contributed by atoms with Crippen LogP contribution >= 0.6 is 0 Å². The van der Waals surface area contributed by atoms with E-state index in [1.54, 1.807) is 0 Å². The Morgan fingerprint density at radius 2 is 1.37 bits per heavy atom. The van der Waals surface area contributed by atoms with Gasteiger partial charge in [0.05, 0.1) is 0 Å². The summed E-state index contributed by atoms with van der Waals surface area (Å²) >= 11 is 0. The molecule has 0 amide bonds. The van der Waals surface area contributed by atoms with Gasteiger partial charge in [0.1, 0.15) is 11.6 Å². The Kier molecular flexibility index (Phi) is 4.67. The van der Waals surface area contributed by atoms with E-state index in [9.17, 15) is 8.78 Å². The van der Waals surface area contributed by atoms with Gasteiger partial charge in [-0.25, -0.2) is 8.78 Å². The second kappa shape index (κ2) is 6.46. The fourth-order valence-corrected chi connectivity index (χ4v) is 2.22. The highest BCUT2D eigenvalue weighted by atomic mass is 19.1. The number of aryl methyl sites for hydroxylation is 1. The fraction of sp³-hybridized carbons (Fsp3) is 0.294. The van der Waals surface area contributed by atoms with E-state index in [1.807, 2.05) is 24.3 Å². The molecule has 1 unspecified atom stereocenters. The lowest BCUT2D eigenvalue weighted by atomic mass is 9.94. The standard InChI is InChI=1S/C17H18F2/c1-13(15-7-11-17(19)12-8-15)3-2-4-14-5-9-16(18)10-6-14/h5-13H,2-4H2,1H3. The molecule has 0 aromatic heterocycles. The molecule has 0 heterocycles. The molecule has 2 rings (SSSR count). The highest BCUT2D eigenvalue weighted by Crippen LogP contribution is 2.22. The first-order valence-electron chi connectivity index (χ1n) is 6.65. The van der Waals surface area contributed by atoms with Crippen molar-refractivity contribution in [3.8, 4) is 0 Å². The third-order valence-electron chi connectivity index (χ3n) is 3.45. The van der Waals surface area contributed by atoms with Crippen LogP contribution in [0.4, 0.5) is 8.78 Å². The van der Waals surface area contributed by atoms with Crippen molar-refractivity contribution in [3.05, 3.63) is 71.3 Å². The van der Waals surface area contributed by atoms with Crippen molar-refractivity contribution in [1.82, 2.24) is 0 Å². The Hall–Kier alpha value is -1.70. The number of halogens is 2. The van der Waals surface area contributed by atoms with Gasteiger partial charge in [-0.05, 0) is 60.6 Å². The molecule has 2 aromatic carbocycles. The molecule has 0 aliphatic carbocycles. The smallest absolute Gasteiger partial charge is 0.123 e. The summed E-state index contributed by atoms with van der Waals surface area (Å²) < 4.78 is 25.6. The minimum absolute atomic E-state index is 0.191. The topological polar surface area (TPSA) is 0 Å². The summed E-state index contributed by atoms with van der Waals surface area (Å²) in [5.41, 5.74) is 2.33. The zero-order valence-electron chi connectivity index (χ0n) is 11.1. The van der Waals surface area contributed by atoms with Crippen molar-refractivity contribution in [2.45, 2.75) is 32.1 Å². The van der Waals surface area contributed by atoms with Crippen LogP contribution < -0.4 is 0 Å². The molecule has 2 heteroatoms. The SMILES string of the molecule is CC(CCCc1ccc(F)cc1)c1ccc(F)cc1. The Balaban J connectivity index is 1.82. The van der Waals surface area contributed by atoms with E-state index in [0.29, 0.717) is 5.92 Å². The van der Waals surface area contributed by atoms with Gasteiger partial charge in [-0.3, -0.25) is 0 Å². The molecule has 0 saturated heterocycles. The molecule has 2 aromatic rings. The van der Waals surface area contributed by atoms with Crippen LogP contribution in [0, 0.1) is 11.6 Å². The second-order valence-corrected chi connectivity index (χ2v) is 4.97. The first-order valence-corrected chi connectivity index (χ1v) is 6.65. The summed E-state index contributed by atoms with van der Waals surface area (Å²) in [4.78, 5) is 0. The van der Waals surface area contributed by atoms with Gasteiger partial charge in [-0.2, -0.15) is 0 Å². The highest BCUT2D eigenvalue weighted by Gasteiger charge is 2.05. The predicted molar refractivity (Wildman–Crippen MR) is 74.2 cm³/mol. The Morgan fingerprint density at radius 1 is 0.842 bits per heavy atom. The van der Waals surface area contributed by atoms with Gasteiger partial charge in [0.2, 0.25) is 0 Å². The summed E-state index contributed by atoms with van der Waals surface area (Å²) in [5, 5.41) is 0. The quantitative estimate of drug-likeness (QED) is 0.702. The van der Waals surface area contributed by atoms with Crippen LogP contribution in [0.5, 0.6) is 0 Å². The first-order chi connectivity index (χ1) is 9.15. The minimum Gasteiger partial charge on any atom is -0.207 e. The maximum atomic E-state index is 12.8. The Labute approximate surface area is 113 Å². The Bertz CT molecular complexity index is 500. The maximum absolute atomic E-state index is 12.8. The molecular formula is C17H18F2. The van der Waals surface area contributed by atoms with E-state index in [4.69, 9.17) is 0 Å². The Morgan fingerprint density at radius 3 is 1.95 bits per heavy atom. The largest absolute Gasteiger partial charge is 0.207 e. The van der Waals surface area contributed by atoms with Crippen LogP contribution in [0.3, 0.4) is 0 Å². The number of hydrogen-bond donors (Lipinski definition) is 0. The number of hydrogen-bond acceptors (Lipinski definition) is 0. The van der Waals surface area contributed by atoms with Gasteiger partial charge in [0.15, 0.2) is 0 Å². The van der Waals surface area contributed by atoms with E-state index in [0.717, 1.165) is 24.8 Å². The lowest BCUT2D eigenvalue weighted by Gasteiger charge is -2.11.